The Morgan fingerprint density at radius 3 is 1.69 bits per heavy atom. The van der Waals surface area contributed by atoms with E-state index in [1.807, 2.05) is 0 Å². The third-order valence-electron chi connectivity index (χ3n) is 3.26. The van der Waals surface area contributed by atoms with Crippen molar-refractivity contribution in [2.75, 3.05) is 7.11 Å². The minimum absolute atomic E-state index is 0. The molecule has 1 aliphatic heterocycles. The van der Waals surface area contributed by atoms with Crippen LogP contribution in [0.25, 0.3) is 0 Å². The summed E-state index contributed by atoms with van der Waals surface area (Å²) in [6.07, 6.45) is 2.63. The molecular formula is C14H32O2. The van der Waals surface area contributed by atoms with Crippen LogP contribution in [0.4, 0.5) is 0 Å². The van der Waals surface area contributed by atoms with E-state index in [1.54, 1.807) is 7.11 Å². The average molecular weight is 232 g/mol. The molecule has 1 saturated heterocycles. The highest BCUT2D eigenvalue weighted by Crippen LogP contribution is 2.24. The lowest BCUT2D eigenvalue weighted by Gasteiger charge is -2.11. The van der Waals surface area contributed by atoms with Gasteiger partial charge in [-0.3, -0.25) is 0 Å². The number of rotatable bonds is 2. The van der Waals surface area contributed by atoms with Crippen LogP contribution >= 0.6 is 0 Å². The maximum absolute atomic E-state index is 5.47. The zero-order valence-corrected chi connectivity index (χ0v) is 11.4. The second-order valence-corrected chi connectivity index (χ2v) is 5.05. The fraction of sp³-hybridized carbons (Fsp3) is 1.00. The Hall–Kier alpha value is -0.0800. The molecule has 4 unspecified atom stereocenters. The van der Waals surface area contributed by atoms with Crippen LogP contribution in [0.1, 0.15) is 55.4 Å². The summed E-state index contributed by atoms with van der Waals surface area (Å²) in [5.74, 6) is 1.41. The highest BCUT2D eigenvalue weighted by Gasteiger charge is 2.24. The van der Waals surface area contributed by atoms with E-state index in [0.29, 0.717) is 24.2 Å². The summed E-state index contributed by atoms with van der Waals surface area (Å²) < 4.78 is 10.5. The van der Waals surface area contributed by atoms with Crippen molar-refractivity contribution in [3.05, 3.63) is 0 Å². The zero-order valence-electron chi connectivity index (χ0n) is 11.4. The molecule has 1 aliphatic rings. The molecular weight excluding hydrogens is 200 g/mol. The predicted octanol–water partition coefficient (Wildman–Crippen LogP) is 4.13. The first-order valence-corrected chi connectivity index (χ1v) is 6.06. The quantitative estimate of drug-likeness (QED) is 0.712. The third-order valence-corrected chi connectivity index (χ3v) is 3.26. The monoisotopic (exact) mass is 232 g/mol. The third kappa shape index (κ3) is 7.24. The van der Waals surface area contributed by atoms with Crippen molar-refractivity contribution in [1.29, 1.82) is 0 Å². The molecule has 1 fully saturated rings. The van der Waals surface area contributed by atoms with Crippen LogP contribution in [-0.2, 0) is 9.47 Å². The molecule has 1 rings (SSSR count). The molecule has 0 aromatic heterocycles. The lowest BCUT2D eigenvalue weighted by atomic mass is 10.0. The van der Waals surface area contributed by atoms with Gasteiger partial charge in [-0.15, -0.1) is 0 Å². The van der Waals surface area contributed by atoms with Crippen LogP contribution in [0, 0.1) is 11.8 Å². The van der Waals surface area contributed by atoms with E-state index in [9.17, 15) is 0 Å². The molecule has 0 spiro atoms. The molecule has 0 aromatic carbocycles. The summed E-state index contributed by atoms with van der Waals surface area (Å²) in [6, 6.07) is 0. The van der Waals surface area contributed by atoms with E-state index in [4.69, 9.17) is 9.47 Å². The van der Waals surface area contributed by atoms with Gasteiger partial charge in [0.2, 0.25) is 0 Å². The molecule has 0 amide bonds. The second kappa shape index (κ2) is 9.00. The topological polar surface area (TPSA) is 18.5 Å². The summed E-state index contributed by atoms with van der Waals surface area (Å²) in [6.45, 7) is 12.9. The maximum Gasteiger partial charge on any atom is 0.0577 e. The van der Waals surface area contributed by atoms with E-state index in [1.165, 1.54) is 6.42 Å². The Labute approximate surface area is 103 Å². The van der Waals surface area contributed by atoms with Crippen molar-refractivity contribution in [3.63, 3.8) is 0 Å². The van der Waals surface area contributed by atoms with Crippen molar-refractivity contribution >= 4 is 0 Å². The standard InChI is InChI=1S/C7H14O.C6H14O.CH4/c1-5-4-6(2)8-7(5)3;1-5(2)6(3)7-4;/h5-7H,4H2,1-3H3;5-6H,1-4H3;1H4. The molecule has 4 atom stereocenters. The normalized spacial score (nSPS) is 30.4. The largest absolute Gasteiger partial charge is 0.381 e. The summed E-state index contributed by atoms with van der Waals surface area (Å²) in [5, 5.41) is 0. The van der Waals surface area contributed by atoms with Gasteiger partial charge in [0.05, 0.1) is 18.3 Å². The van der Waals surface area contributed by atoms with Crippen LogP contribution in [0.5, 0.6) is 0 Å². The van der Waals surface area contributed by atoms with Gasteiger partial charge in [0.15, 0.2) is 0 Å². The molecule has 0 aromatic rings. The minimum Gasteiger partial charge on any atom is -0.381 e. The molecule has 100 valence electrons. The summed E-state index contributed by atoms with van der Waals surface area (Å²) in [5.41, 5.74) is 0. The van der Waals surface area contributed by atoms with Crippen molar-refractivity contribution in [1.82, 2.24) is 0 Å². The Morgan fingerprint density at radius 2 is 1.62 bits per heavy atom. The fourth-order valence-corrected chi connectivity index (χ4v) is 1.54. The summed E-state index contributed by atoms with van der Waals surface area (Å²) >= 11 is 0. The Balaban J connectivity index is 0. The second-order valence-electron chi connectivity index (χ2n) is 5.05. The number of ether oxygens (including phenoxy) is 2. The fourth-order valence-electron chi connectivity index (χ4n) is 1.54. The first-order valence-electron chi connectivity index (χ1n) is 6.06. The average Bonchev–Trinajstić information content (AvgIpc) is 2.43. The first-order chi connectivity index (χ1) is 6.88. The molecule has 2 heteroatoms. The summed E-state index contributed by atoms with van der Waals surface area (Å²) in [4.78, 5) is 0. The van der Waals surface area contributed by atoms with Crippen LogP contribution in [0.15, 0.2) is 0 Å². The van der Waals surface area contributed by atoms with Crippen molar-refractivity contribution in [3.8, 4) is 0 Å². The van der Waals surface area contributed by atoms with Crippen molar-refractivity contribution in [2.24, 2.45) is 11.8 Å². The van der Waals surface area contributed by atoms with Gasteiger partial charge >= 0.3 is 0 Å². The van der Waals surface area contributed by atoms with Crippen LogP contribution in [0.2, 0.25) is 0 Å². The van der Waals surface area contributed by atoms with Gasteiger partial charge in [0.1, 0.15) is 0 Å². The van der Waals surface area contributed by atoms with Gasteiger partial charge < -0.3 is 9.47 Å². The number of methoxy groups -OCH3 is 1. The molecule has 0 radical (unpaired) electrons. The van der Waals surface area contributed by atoms with E-state index in [0.717, 1.165) is 5.92 Å². The molecule has 0 aliphatic carbocycles. The minimum atomic E-state index is 0. The maximum atomic E-state index is 5.47. The molecule has 0 N–H and O–H groups in total. The summed E-state index contributed by atoms with van der Waals surface area (Å²) in [7, 11) is 1.74. The molecule has 0 bridgehead atoms. The Kier molecular flexibility index (Phi) is 10.3. The van der Waals surface area contributed by atoms with Gasteiger partial charge in [-0.2, -0.15) is 0 Å². The molecule has 1 heterocycles. The lowest BCUT2D eigenvalue weighted by molar-refractivity contribution is 0.0580. The highest BCUT2D eigenvalue weighted by molar-refractivity contribution is 4.72. The van der Waals surface area contributed by atoms with E-state index < -0.39 is 0 Å². The predicted molar refractivity (Wildman–Crippen MR) is 71.8 cm³/mol. The van der Waals surface area contributed by atoms with Crippen molar-refractivity contribution in [2.45, 2.75) is 73.7 Å². The Bertz CT molecular complexity index is 147. The molecule has 16 heavy (non-hydrogen) atoms. The molecule has 2 nitrogen and oxygen atoms in total. The highest BCUT2D eigenvalue weighted by atomic mass is 16.5. The van der Waals surface area contributed by atoms with Gasteiger partial charge in [0, 0.05) is 7.11 Å². The zero-order chi connectivity index (χ0) is 12.0. The van der Waals surface area contributed by atoms with E-state index in [-0.39, 0.29) is 7.43 Å². The van der Waals surface area contributed by atoms with Crippen molar-refractivity contribution < 1.29 is 9.47 Å². The number of hydrogen-bond donors (Lipinski definition) is 0. The molecule has 0 saturated carbocycles. The smallest absolute Gasteiger partial charge is 0.0577 e. The Morgan fingerprint density at radius 1 is 1.12 bits per heavy atom. The van der Waals surface area contributed by atoms with Gasteiger partial charge in [-0.05, 0) is 39.0 Å². The lowest BCUT2D eigenvalue weighted by Crippen LogP contribution is -2.11. The van der Waals surface area contributed by atoms with Crippen LogP contribution in [-0.4, -0.2) is 25.4 Å². The van der Waals surface area contributed by atoms with E-state index >= 15 is 0 Å². The van der Waals surface area contributed by atoms with Gasteiger partial charge in [-0.25, -0.2) is 0 Å². The number of hydrogen-bond acceptors (Lipinski definition) is 2. The van der Waals surface area contributed by atoms with Crippen LogP contribution in [0.3, 0.4) is 0 Å². The van der Waals surface area contributed by atoms with Gasteiger partial charge in [-0.1, -0.05) is 28.2 Å². The van der Waals surface area contributed by atoms with Gasteiger partial charge in [0.25, 0.3) is 0 Å². The SMILES string of the molecule is C.CC1CC(C)C(C)O1.COC(C)C(C)C. The van der Waals surface area contributed by atoms with Crippen LogP contribution < -0.4 is 0 Å². The van der Waals surface area contributed by atoms with E-state index in [2.05, 4.69) is 41.5 Å². The first kappa shape index (κ1) is 18.3.